The maximum atomic E-state index is 13.6. The quantitative estimate of drug-likeness (QED) is 0.594. The number of nitrogens with zero attached hydrogens (tertiary/aromatic N) is 4. The van der Waals surface area contributed by atoms with Gasteiger partial charge in [-0.15, -0.1) is 11.8 Å². The van der Waals surface area contributed by atoms with Gasteiger partial charge in [0.2, 0.25) is 11.8 Å². The molecule has 3 atom stereocenters. The fraction of sp³-hybridized carbons (Fsp3) is 0.577. The summed E-state index contributed by atoms with van der Waals surface area (Å²) in [4.78, 5) is 44.0. The Morgan fingerprint density at radius 1 is 1.20 bits per heavy atom. The number of nitrogens with one attached hydrogen (secondary N) is 1. The highest BCUT2D eigenvalue weighted by Crippen LogP contribution is 2.31. The molecule has 0 aromatic heterocycles. The van der Waals surface area contributed by atoms with Crippen LogP contribution in [-0.2, 0) is 16.1 Å². The Bertz CT molecular complexity index is 932. The molecular weight excluding hydrogens is 462 g/mol. The third-order valence-electron chi connectivity index (χ3n) is 6.87. The molecule has 4 amide bonds. The zero-order valence-corrected chi connectivity index (χ0v) is 21.7. The summed E-state index contributed by atoms with van der Waals surface area (Å²) in [6.45, 7) is 8.08. The van der Waals surface area contributed by atoms with E-state index in [9.17, 15) is 14.4 Å². The number of hydrogen-bond donors (Lipinski definition) is 1. The molecule has 2 fully saturated rings. The van der Waals surface area contributed by atoms with Crippen LogP contribution in [0.1, 0.15) is 45.6 Å². The van der Waals surface area contributed by atoms with E-state index in [2.05, 4.69) is 30.6 Å². The summed E-state index contributed by atoms with van der Waals surface area (Å²) >= 11 is 1.81. The molecule has 2 saturated heterocycles. The Balaban J connectivity index is 1.57. The SMILES string of the molecule is CCN1CC(=O)N2[C@@H](CC(C)C)C(=O)N(CCC3CC=CS3)C[C@@H]2N1C(=O)NCc1ccccc1. The molecule has 3 heterocycles. The van der Waals surface area contributed by atoms with Crippen molar-refractivity contribution in [3.05, 3.63) is 47.4 Å². The Morgan fingerprint density at radius 3 is 2.63 bits per heavy atom. The molecule has 9 heteroatoms. The van der Waals surface area contributed by atoms with Crippen LogP contribution >= 0.6 is 11.8 Å². The summed E-state index contributed by atoms with van der Waals surface area (Å²) in [6.07, 6.45) is 4.17. The third kappa shape index (κ3) is 5.83. The van der Waals surface area contributed by atoms with Crippen LogP contribution in [0.2, 0.25) is 0 Å². The standard InChI is InChI=1S/C26H37N5O3S/c1-4-29-18-24(32)30-22(15-19(2)3)25(33)28(13-12-21-11-8-14-35-21)17-23(30)31(29)26(34)27-16-20-9-6-5-7-10-20/h5-10,14,19,21-23H,4,11-13,15-18H2,1-3H3,(H,27,34)/t21?,22-,23-/m0/s1. The predicted octanol–water partition coefficient (Wildman–Crippen LogP) is 3.27. The lowest BCUT2D eigenvalue weighted by Gasteiger charge is -2.55. The molecule has 0 saturated carbocycles. The lowest BCUT2D eigenvalue weighted by Crippen LogP contribution is -2.76. The minimum Gasteiger partial charge on any atom is -0.337 e. The molecule has 0 spiro atoms. The molecular formula is C26H37N5O3S. The zero-order valence-electron chi connectivity index (χ0n) is 20.9. The largest absolute Gasteiger partial charge is 0.337 e. The van der Waals surface area contributed by atoms with Crippen molar-refractivity contribution in [2.45, 2.75) is 64.0 Å². The number of hydrazine groups is 1. The molecule has 1 unspecified atom stereocenters. The van der Waals surface area contributed by atoms with Crippen molar-refractivity contribution in [2.75, 3.05) is 26.2 Å². The van der Waals surface area contributed by atoms with Gasteiger partial charge >= 0.3 is 6.03 Å². The smallest absolute Gasteiger partial charge is 0.334 e. The van der Waals surface area contributed by atoms with Gasteiger partial charge in [0.05, 0.1) is 13.1 Å². The summed E-state index contributed by atoms with van der Waals surface area (Å²) in [5, 5.41) is 9.13. The molecule has 0 radical (unpaired) electrons. The van der Waals surface area contributed by atoms with Crippen molar-refractivity contribution < 1.29 is 14.4 Å². The maximum Gasteiger partial charge on any atom is 0.334 e. The van der Waals surface area contributed by atoms with Gasteiger partial charge in [0, 0.05) is 24.9 Å². The van der Waals surface area contributed by atoms with Gasteiger partial charge in [-0.2, -0.15) is 0 Å². The van der Waals surface area contributed by atoms with Crippen LogP contribution in [-0.4, -0.2) is 81.3 Å². The van der Waals surface area contributed by atoms with Gasteiger partial charge in [-0.1, -0.05) is 57.2 Å². The Hall–Kier alpha value is -2.52. The minimum atomic E-state index is -0.543. The van der Waals surface area contributed by atoms with Crippen LogP contribution in [0.25, 0.3) is 0 Å². The van der Waals surface area contributed by atoms with Crippen molar-refractivity contribution in [1.29, 1.82) is 0 Å². The van der Waals surface area contributed by atoms with Crippen LogP contribution in [0.3, 0.4) is 0 Å². The first-order chi connectivity index (χ1) is 16.9. The number of carbonyl (C=O) groups excluding carboxylic acids is 3. The molecule has 4 rings (SSSR count). The normalized spacial score (nSPS) is 24.9. The Labute approximate surface area is 212 Å². The first-order valence-electron chi connectivity index (χ1n) is 12.6. The first kappa shape index (κ1) is 25.6. The van der Waals surface area contributed by atoms with Crippen molar-refractivity contribution in [2.24, 2.45) is 5.92 Å². The van der Waals surface area contributed by atoms with E-state index in [1.807, 2.05) is 53.9 Å². The van der Waals surface area contributed by atoms with Crippen LogP contribution in [0.5, 0.6) is 0 Å². The van der Waals surface area contributed by atoms with E-state index < -0.39 is 12.2 Å². The topological polar surface area (TPSA) is 76.2 Å². The number of benzene rings is 1. The van der Waals surface area contributed by atoms with E-state index in [0.717, 1.165) is 18.4 Å². The summed E-state index contributed by atoms with van der Waals surface area (Å²) in [6, 6.07) is 8.99. The number of piperazine rings is 1. The monoisotopic (exact) mass is 499 g/mol. The lowest BCUT2D eigenvalue weighted by atomic mass is 9.97. The van der Waals surface area contributed by atoms with Gasteiger partial charge in [0.25, 0.3) is 0 Å². The third-order valence-corrected chi connectivity index (χ3v) is 8.03. The number of likely N-dealkylation sites (N-methyl/N-ethyl adjacent to an activating group) is 1. The highest BCUT2D eigenvalue weighted by atomic mass is 32.2. The summed E-state index contributed by atoms with van der Waals surface area (Å²) < 4.78 is 0. The molecule has 0 aliphatic carbocycles. The molecule has 190 valence electrons. The van der Waals surface area contributed by atoms with Crippen molar-refractivity contribution in [1.82, 2.24) is 25.1 Å². The first-order valence-corrected chi connectivity index (χ1v) is 13.6. The summed E-state index contributed by atoms with van der Waals surface area (Å²) in [5.41, 5.74) is 1.01. The number of carbonyl (C=O) groups is 3. The summed E-state index contributed by atoms with van der Waals surface area (Å²) in [7, 11) is 0. The molecule has 0 bridgehead atoms. The second kappa shape index (κ2) is 11.5. The number of hydrogen-bond acceptors (Lipinski definition) is 5. The van der Waals surface area contributed by atoms with Gasteiger partial charge in [-0.05, 0) is 36.2 Å². The summed E-state index contributed by atoms with van der Waals surface area (Å²) in [5.74, 6) is 0.170. The highest BCUT2D eigenvalue weighted by molar-refractivity contribution is 8.03. The molecule has 3 aliphatic heterocycles. The minimum absolute atomic E-state index is 0.00819. The average molecular weight is 500 g/mol. The Kier molecular flexibility index (Phi) is 8.38. The van der Waals surface area contributed by atoms with E-state index in [0.29, 0.717) is 37.8 Å². The highest BCUT2D eigenvalue weighted by Gasteiger charge is 2.51. The predicted molar refractivity (Wildman–Crippen MR) is 138 cm³/mol. The fourth-order valence-electron chi connectivity index (χ4n) is 5.11. The van der Waals surface area contributed by atoms with Gasteiger partial charge in [-0.25, -0.2) is 14.8 Å². The second-order valence-electron chi connectivity index (χ2n) is 9.84. The average Bonchev–Trinajstić information content (AvgIpc) is 3.37. The van der Waals surface area contributed by atoms with E-state index in [1.54, 1.807) is 14.9 Å². The molecule has 8 nitrogen and oxygen atoms in total. The van der Waals surface area contributed by atoms with Crippen LogP contribution < -0.4 is 5.32 Å². The maximum absolute atomic E-state index is 13.6. The van der Waals surface area contributed by atoms with Crippen molar-refractivity contribution in [3.8, 4) is 0 Å². The van der Waals surface area contributed by atoms with Crippen LogP contribution in [0, 0.1) is 5.92 Å². The number of amides is 4. The molecule has 35 heavy (non-hydrogen) atoms. The van der Waals surface area contributed by atoms with Crippen molar-refractivity contribution >= 4 is 29.6 Å². The fourth-order valence-corrected chi connectivity index (χ4v) is 6.02. The molecule has 1 aromatic rings. The lowest BCUT2D eigenvalue weighted by molar-refractivity contribution is -0.190. The van der Waals surface area contributed by atoms with E-state index in [4.69, 9.17) is 0 Å². The van der Waals surface area contributed by atoms with Gasteiger partial charge in [0.1, 0.15) is 12.2 Å². The van der Waals surface area contributed by atoms with E-state index in [-0.39, 0.29) is 30.3 Å². The zero-order chi connectivity index (χ0) is 24.9. The number of allylic oxidation sites excluding steroid dienone is 1. The van der Waals surface area contributed by atoms with Crippen molar-refractivity contribution in [3.63, 3.8) is 0 Å². The molecule has 1 N–H and O–H groups in total. The second-order valence-corrected chi connectivity index (χ2v) is 11.0. The van der Waals surface area contributed by atoms with Gasteiger partial charge in [0.15, 0.2) is 0 Å². The van der Waals surface area contributed by atoms with E-state index >= 15 is 0 Å². The number of fused-ring (bicyclic) bond motifs is 1. The number of urea groups is 1. The van der Waals surface area contributed by atoms with Gasteiger partial charge in [-0.3, -0.25) is 9.59 Å². The van der Waals surface area contributed by atoms with Crippen LogP contribution in [0.4, 0.5) is 4.79 Å². The number of thioether (sulfide) groups is 1. The molecule has 1 aromatic carbocycles. The van der Waals surface area contributed by atoms with Crippen LogP contribution in [0.15, 0.2) is 41.8 Å². The molecule has 3 aliphatic rings. The van der Waals surface area contributed by atoms with Gasteiger partial charge < -0.3 is 15.1 Å². The van der Waals surface area contributed by atoms with E-state index in [1.165, 1.54) is 0 Å². The number of rotatable bonds is 8. The Morgan fingerprint density at radius 2 is 1.97 bits per heavy atom.